The maximum atomic E-state index is 13.7. The standard InChI is InChI=1S/C25H16ClNO4/c26-25-17-10-3-1-8-15(17)19(16-9-2-4-11-18(16)25)20-21(25)23(29)27(22(20)28)14-7-5-6-13(12-14)24(30)31/h1-12,19-21H,(H,30,31)/t19?,20-,21-,25?/m0/s1. The number of hydrogen-bond acceptors (Lipinski definition) is 3. The van der Waals surface area contributed by atoms with E-state index in [0.29, 0.717) is 0 Å². The lowest BCUT2D eigenvalue weighted by molar-refractivity contribution is -0.122. The van der Waals surface area contributed by atoms with E-state index in [2.05, 4.69) is 0 Å². The number of hydrogen-bond donors (Lipinski definition) is 1. The number of alkyl halides is 1. The number of carboxylic acid groups (broad SMARTS) is 1. The molecule has 1 N–H and O–H groups in total. The number of halogens is 1. The first-order valence-electron chi connectivity index (χ1n) is 10.0. The molecule has 5 nitrogen and oxygen atoms in total. The number of anilines is 1. The van der Waals surface area contributed by atoms with Crippen LogP contribution in [0.4, 0.5) is 5.69 Å². The van der Waals surface area contributed by atoms with Crippen LogP contribution in [-0.2, 0) is 14.5 Å². The lowest BCUT2D eigenvalue weighted by atomic mass is 9.54. The molecule has 0 radical (unpaired) electrons. The average Bonchev–Trinajstić information content (AvgIpc) is 3.06. The largest absolute Gasteiger partial charge is 0.478 e. The van der Waals surface area contributed by atoms with Gasteiger partial charge in [0.05, 0.1) is 23.1 Å². The fourth-order valence-corrected chi connectivity index (χ4v) is 6.28. The number of benzene rings is 3. The minimum Gasteiger partial charge on any atom is -0.478 e. The van der Waals surface area contributed by atoms with E-state index in [4.69, 9.17) is 11.6 Å². The Labute approximate surface area is 182 Å². The molecule has 0 saturated carbocycles. The molecule has 0 aromatic heterocycles. The topological polar surface area (TPSA) is 74.7 Å². The van der Waals surface area contributed by atoms with E-state index in [9.17, 15) is 19.5 Å². The number of amides is 2. The Hall–Kier alpha value is -3.44. The van der Waals surface area contributed by atoms with Crippen LogP contribution in [0.15, 0.2) is 72.8 Å². The highest BCUT2D eigenvalue weighted by Gasteiger charge is 2.67. The number of rotatable bonds is 2. The fraction of sp³-hybridized carbons (Fsp3) is 0.160. The predicted molar refractivity (Wildman–Crippen MR) is 114 cm³/mol. The van der Waals surface area contributed by atoms with Crippen LogP contribution in [0.1, 0.15) is 38.5 Å². The van der Waals surface area contributed by atoms with Gasteiger partial charge in [-0.2, -0.15) is 0 Å². The second-order valence-electron chi connectivity index (χ2n) is 8.23. The summed E-state index contributed by atoms with van der Waals surface area (Å²) in [6, 6.07) is 21.4. The molecule has 0 spiro atoms. The van der Waals surface area contributed by atoms with Crippen LogP contribution in [0.3, 0.4) is 0 Å². The van der Waals surface area contributed by atoms with Crippen LogP contribution >= 0.6 is 11.6 Å². The predicted octanol–water partition coefficient (Wildman–Crippen LogP) is 4.13. The smallest absolute Gasteiger partial charge is 0.335 e. The number of imide groups is 1. The molecule has 3 aliphatic carbocycles. The quantitative estimate of drug-likeness (QED) is 0.491. The van der Waals surface area contributed by atoms with Crippen molar-refractivity contribution in [2.45, 2.75) is 10.8 Å². The SMILES string of the molecule is O=C(O)c1cccc(N2C(=O)[C@@H]3[C@@H](C2=O)C2c4ccccc4C3(Cl)c3ccccc32)c1. The van der Waals surface area contributed by atoms with Gasteiger partial charge in [0.15, 0.2) is 0 Å². The second-order valence-corrected chi connectivity index (χ2v) is 8.83. The zero-order valence-corrected chi connectivity index (χ0v) is 16.9. The molecule has 2 bridgehead atoms. The summed E-state index contributed by atoms with van der Waals surface area (Å²) in [5, 5.41) is 9.35. The van der Waals surface area contributed by atoms with Crippen LogP contribution in [0, 0.1) is 11.8 Å². The van der Waals surface area contributed by atoms with Gasteiger partial charge in [-0.3, -0.25) is 9.59 Å². The van der Waals surface area contributed by atoms with Gasteiger partial charge in [0, 0.05) is 5.92 Å². The zero-order valence-electron chi connectivity index (χ0n) is 16.2. The first kappa shape index (κ1) is 18.3. The van der Waals surface area contributed by atoms with Gasteiger partial charge in [-0.15, -0.1) is 11.6 Å². The van der Waals surface area contributed by atoms with E-state index in [-0.39, 0.29) is 29.0 Å². The lowest BCUT2D eigenvalue weighted by Gasteiger charge is -2.50. The second kappa shape index (κ2) is 6.05. The number of nitrogens with zero attached hydrogens (tertiary/aromatic N) is 1. The van der Waals surface area contributed by atoms with Crippen molar-refractivity contribution in [3.8, 4) is 0 Å². The van der Waals surface area contributed by atoms with Gasteiger partial charge in [-0.25, -0.2) is 9.69 Å². The van der Waals surface area contributed by atoms with Crippen LogP contribution in [0.2, 0.25) is 0 Å². The minimum atomic E-state index is -1.15. The zero-order chi connectivity index (χ0) is 21.5. The Morgan fingerprint density at radius 2 is 1.48 bits per heavy atom. The van der Waals surface area contributed by atoms with Gasteiger partial charge in [0.2, 0.25) is 11.8 Å². The van der Waals surface area contributed by atoms with Crippen LogP contribution in [-0.4, -0.2) is 22.9 Å². The van der Waals surface area contributed by atoms with Gasteiger partial charge >= 0.3 is 5.97 Å². The number of carboxylic acids is 1. The minimum absolute atomic E-state index is 0.0168. The van der Waals surface area contributed by atoms with Crippen LogP contribution in [0.25, 0.3) is 0 Å². The highest BCUT2D eigenvalue weighted by molar-refractivity contribution is 6.33. The Morgan fingerprint density at radius 1 is 0.871 bits per heavy atom. The molecular weight excluding hydrogens is 414 g/mol. The van der Waals surface area contributed by atoms with Crippen molar-refractivity contribution in [1.29, 1.82) is 0 Å². The van der Waals surface area contributed by atoms with E-state index >= 15 is 0 Å². The van der Waals surface area contributed by atoms with Gasteiger partial charge in [0.25, 0.3) is 0 Å². The van der Waals surface area contributed by atoms with E-state index in [1.165, 1.54) is 18.2 Å². The monoisotopic (exact) mass is 429 g/mol. The van der Waals surface area contributed by atoms with Crippen molar-refractivity contribution in [2.75, 3.05) is 4.90 Å². The lowest BCUT2D eigenvalue weighted by Crippen LogP contribution is -2.50. The van der Waals surface area contributed by atoms with Gasteiger partial charge in [0.1, 0.15) is 4.87 Å². The maximum Gasteiger partial charge on any atom is 0.335 e. The Kier molecular flexibility index (Phi) is 3.58. The van der Waals surface area contributed by atoms with Gasteiger partial charge in [-0.1, -0.05) is 54.6 Å². The van der Waals surface area contributed by atoms with Gasteiger partial charge in [-0.05, 0) is 40.5 Å². The molecule has 31 heavy (non-hydrogen) atoms. The first-order chi connectivity index (χ1) is 14.9. The van der Waals surface area contributed by atoms with Crippen molar-refractivity contribution < 1.29 is 19.5 Å². The summed E-state index contributed by atoms with van der Waals surface area (Å²) in [5.41, 5.74) is 3.95. The molecule has 7 rings (SSSR count). The van der Waals surface area contributed by atoms with E-state index in [1.807, 2.05) is 48.5 Å². The molecule has 1 heterocycles. The third-order valence-electron chi connectivity index (χ3n) is 6.87. The highest BCUT2D eigenvalue weighted by Crippen LogP contribution is 2.65. The molecular formula is C25H16ClNO4. The summed E-state index contributed by atoms with van der Waals surface area (Å²) in [6.07, 6.45) is 0. The molecule has 3 aromatic rings. The normalized spacial score (nSPS) is 27.6. The summed E-state index contributed by atoms with van der Waals surface area (Å²) in [7, 11) is 0. The molecule has 2 atom stereocenters. The Balaban J connectivity index is 1.58. The summed E-state index contributed by atoms with van der Waals surface area (Å²) >= 11 is 7.36. The van der Waals surface area contributed by atoms with E-state index < -0.39 is 22.7 Å². The van der Waals surface area contributed by atoms with Crippen LogP contribution in [0.5, 0.6) is 0 Å². The van der Waals surface area contributed by atoms with Crippen LogP contribution < -0.4 is 4.90 Å². The molecule has 3 aromatic carbocycles. The maximum absolute atomic E-state index is 13.7. The van der Waals surface area contributed by atoms with Gasteiger partial charge < -0.3 is 5.11 Å². The Morgan fingerprint density at radius 3 is 2.10 bits per heavy atom. The number of aromatic carboxylic acids is 1. The van der Waals surface area contributed by atoms with E-state index in [1.54, 1.807) is 6.07 Å². The fourth-order valence-electron chi connectivity index (χ4n) is 5.71. The Bertz CT molecular complexity index is 1270. The first-order valence-corrected chi connectivity index (χ1v) is 10.4. The highest BCUT2D eigenvalue weighted by atomic mass is 35.5. The molecule has 0 unspecified atom stereocenters. The number of carbonyl (C=O) groups is 3. The summed E-state index contributed by atoms with van der Waals surface area (Å²) in [6.45, 7) is 0. The number of carbonyl (C=O) groups excluding carboxylic acids is 2. The average molecular weight is 430 g/mol. The molecule has 4 aliphatic rings. The van der Waals surface area contributed by atoms with Crippen molar-refractivity contribution >= 4 is 35.1 Å². The molecule has 152 valence electrons. The summed E-state index contributed by atoms with van der Waals surface area (Å²) in [4.78, 5) is 38.8. The van der Waals surface area contributed by atoms with Crippen molar-refractivity contribution in [2.24, 2.45) is 11.8 Å². The van der Waals surface area contributed by atoms with Crippen molar-refractivity contribution in [3.05, 3.63) is 101 Å². The van der Waals surface area contributed by atoms with Crippen molar-refractivity contribution in [1.82, 2.24) is 0 Å². The van der Waals surface area contributed by atoms with Crippen molar-refractivity contribution in [3.63, 3.8) is 0 Å². The van der Waals surface area contributed by atoms with E-state index in [0.717, 1.165) is 27.2 Å². The molecule has 2 amide bonds. The molecule has 1 saturated heterocycles. The third kappa shape index (κ3) is 2.14. The molecule has 1 aliphatic heterocycles. The third-order valence-corrected chi connectivity index (χ3v) is 7.51. The molecule has 1 fully saturated rings. The molecule has 6 heteroatoms. The summed E-state index contributed by atoms with van der Waals surface area (Å²) < 4.78 is 0. The summed E-state index contributed by atoms with van der Waals surface area (Å²) in [5.74, 6) is -3.51.